The average molecular weight is 383 g/mol. The molecular formula is C26H25NO2. The van der Waals surface area contributed by atoms with Crippen LogP contribution in [0.15, 0.2) is 72.8 Å². The van der Waals surface area contributed by atoms with E-state index in [4.69, 9.17) is 4.74 Å². The highest BCUT2D eigenvalue weighted by atomic mass is 16.5. The second-order valence-corrected chi connectivity index (χ2v) is 7.36. The molecule has 4 aromatic rings. The van der Waals surface area contributed by atoms with Crippen LogP contribution in [0, 0.1) is 0 Å². The number of carbonyl (C=O) groups is 1. The Bertz CT molecular complexity index is 1200. The first-order chi connectivity index (χ1) is 14.1. The molecule has 0 unspecified atom stereocenters. The molecule has 0 spiro atoms. The van der Waals surface area contributed by atoms with Crippen molar-refractivity contribution < 1.29 is 9.53 Å². The van der Waals surface area contributed by atoms with Crippen molar-refractivity contribution in [1.29, 1.82) is 0 Å². The van der Waals surface area contributed by atoms with Gasteiger partial charge in [0.05, 0.1) is 7.11 Å². The van der Waals surface area contributed by atoms with Crippen molar-refractivity contribution in [3.05, 3.63) is 78.4 Å². The number of hydrogen-bond donors (Lipinski definition) is 1. The van der Waals surface area contributed by atoms with Gasteiger partial charge in [-0.25, -0.2) is 0 Å². The molecule has 29 heavy (non-hydrogen) atoms. The maximum Gasteiger partial charge on any atom is 0.252 e. The van der Waals surface area contributed by atoms with Crippen molar-refractivity contribution >= 4 is 27.5 Å². The Kier molecular flexibility index (Phi) is 5.22. The predicted octanol–water partition coefficient (Wildman–Crippen LogP) is 6.20. The minimum absolute atomic E-state index is 0.0601. The zero-order valence-electron chi connectivity index (χ0n) is 17.0. The normalized spacial score (nSPS) is 12.1. The molecule has 146 valence electrons. The monoisotopic (exact) mass is 383 g/mol. The van der Waals surface area contributed by atoms with Gasteiger partial charge in [0.15, 0.2) is 0 Å². The van der Waals surface area contributed by atoms with E-state index in [-0.39, 0.29) is 11.9 Å². The minimum Gasteiger partial charge on any atom is -0.496 e. The van der Waals surface area contributed by atoms with Crippen LogP contribution < -0.4 is 10.1 Å². The summed E-state index contributed by atoms with van der Waals surface area (Å²) in [7, 11) is 1.68. The van der Waals surface area contributed by atoms with Crippen molar-refractivity contribution in [1.82, 2.24) is 5.32 Å². The molecule has 0 aliphatic heterocycles. The quantitative estimate of drug-likeness (QED) is 0.446. The first-order valence-corrected chi connectivity index (χ1v) is 10.0. The first-order valence-electron chi connectivity index (χ1n) is 10.0. The largest absolute Gasteiger partial charge is 0.496 e. The van der Waals surface area contributed by atoms with Gasteiger partial charge in [-0.05, 0) is 47.0 Å². The summed E-state index contributed by atoms with van der Waals surface area (Å²) < 4.78 is 5.76. The van der Waals surface area contributed by atoms with Crippen LogP contribution in [0.1, 0.15) is 30.6 Å². The first kappa shape index (κ1) is 19.0. The third-order valence-electron chi connectivity index (χ3n) is 5.52. The van der Waals surface area contributed by atoms with Gasteiger partial charge in [0, 0.05) is 22.7 Å². The smallest absolute Gasteiger partial charge is 0.252 e. The summed E-state index contributed by atoms with van der Waals surface area (Å²) in [6, 6.07) is 24.5. The van der Waals surface area contributed by atoms with Gasteiger partial charge in [0.2, 0.25) is 0 Å². The predicted molar refractivity (Wildman–Crippen MR) is 121 cm³/mol. The third kappa shape index (κ3) is 3.44. The Morgan fingerprint density at radius 1 is 0.862 bits per heavy atom. The van der Waals surface area contributed by atoms with Crippen molar-refractivity contribution in [3.63, 3.8) is 0 Å². The summed E-state index contributed by atoms with van der Waals surface area (Å²) in [5.74, 6) is 0.702. The Morgan fingerprint density at radius 2 is 1.45 bits per heavy atom. The van der Waals surface area contributed by atoms with Crippen molar-refractivity contribution in [2.75, 3.05) is 7.11 Å². The van der Waals surface area contributed by atoms with E-state index in [1.54, 1.807) is 7.11 Å². The highest BCUT2D eigenvalue weighted by Crippen LogP contribution is 2.42. The van der Waals surface area contributed by atoms with E-state index in [2.05, 4.69) is 42.6 Å². The summed E-state index contributed by atoms with van der Waals surface area (Å²) in [5, 5.41) is 7.45. The second-order valence-electron chi connectivity index (χ2n) is 7.36. The van der Waals surface area contributed by atoms with E-state index in [0.717, 1.165) is 44.8 Å². The molecule has 1 amide bonds. The van der Waals surface area contributed by atoms with Crippen LogP contribution >= 0.6 is 0 Å². The van der Waals surface area contributed by atoms with Crippen LogP contribution in [0.3, 0.4) is 0 Å². The van der Waals surface area contributed by atoms with Crippen molar-refractivity contribution in [2.24, 2.45) is 0 Å². The lowest BCUT2D eigenvalue weighted by Gasteiger charge is -2.19. The number of hydrogen-bond acceptors (Lipinski definition) is 2. The molecule has 4 aromatic carbocycles. The van der Waals surface area contributed by atoms with Crippen LogP contribution in [-0.2, 0) is 0 Å². The maximum atomic E-state index is 13.2. The number of rotatable bonds is 5. The molecule has 3 heteroatoms. The summed E-state index contributed by atoms with van der Waals surface area (Å²) in [6.45, 7) is 4.09. The van der Waals surface area contributed by atoms with Crippen molar-refractivity contribution in [3.8, 4) is 16.9 Å². The third-order valence-corrected chi connectivity index (χ3v) is 5.52. The number of methoxy groups -OCH3 is 1. The van der Waals surface area contributed by atoms with Gasteiger partial charge in [-0.2, -0.15) is 0 Å². The van der Waals surface area contributed by atoms with Crippen molar-refractivity contribution in [2.45, 2.75) is 26.3 Å². The topological polar surface area (TPSA) is 38.3 Å². The molecule has 1 atom stereocenters. The molecule has 0 aromatic heterocycles. The minimum atomic E-state index is -0.0601. The molecule has 4 rings (SSSR count). The summed E-state index contributed by atoms with van der Waals surface area (Å²) in [4.78, 5) is 13.2. The molecule has 3 nitrogen and oxygen atoms in total. The highest BCUT2D eigenvalue weighted by molar-refractivity contribution is 6.15. The van der Waals surface area contributed by atoms with Crippen LogP contribution in [0.5, 0.6) is 5.75 Å². The van der Waals surface area contributed by atoms with Crippen LogP contribution in [0.4, 0.5) is 0 Å². The molecule has 0 aliphatic carbocycles. The summed E-state index contributed by atoms with van der Waals surface area (Å²) in [6.07, 6.45) is 0.881. The summed E-state index contributed by atoms with van der Waals surface area (Å²) in [5.41, 5.74) is 2.54. The zero-order valence-corrected chi connectivity index (χ0v) is 17.0. The molecule has 0 saturated heterocycles. The van der Waals surface area contributed by atoms with E-state index in [0.29, 0.717) is 5.56 Å². The molecule has 0 radical (unpaired) electrons. The number of benzene rings is 4. The molecule has 0 bridgehead atoms. The number of carbonyl (C=O) groups excluding carboxylic acids is 1. The van der Waals surface area contributed by atoms with Gasteiger partial charge >= 0.3 is 0 Å². The van der Waals surface area contributed by atoms with Crippen LogP contribution in [0.2, 0.25) is 0 Å². The lowest BCUT2D eigenvalue weighted by molar-refractivity contribution is 0.0940. The lowest BCUT2D eigenvalue weighted by Crippen LogP contribution is -2.32. The van der Waals surface area contributed by atoms with E-state index >= 15 is 0 Å². The molecule has 0 aliphatic rings. The number of nitrogens with one attached hydrogen (secondary N) is 1. The second kappa shape index (κ2) is 7.96. The molecule has 0 saturated carbocycles. The zero-order chi connectivity index (χ0) is 20.4. The Labute approximate surface area is 171 Å². The molecule has 0 fully saturated rings. The Hall–Kier alpha value is -3.33. The lowest BCUT2D eigenvalue weighted by atomic mass is 9.89. The molecule has 1 N–H and O–H groups in total. The molecule has 0 heterocycles. The van der Waals surface area contributed by atoms with Gasteiger partial charge in [-0.15, -0.1) is 0 Å². The fourth-order valence-electron chi connectivity index (χ4n) is 3.81. The number of amides is 1. The van der Waals surface area contributed by atoms with Gasteiger partial charge in [0.25, 0.3) is 5.91 Å². The van der Waals surface area contributed by atoms with Crippen LogP contribution in [0.25, 0.3) is 32.7 Å². The van der Waals surface area contributed by atoms with E-state index in [1.807, 2.05) is 49.4 Å². The standard InChI is InChI=1S/C26H25NO2/c1-4-17(2)27-26(28)22-15-13-18-9-5-7-11-20(18)24(22)25-21-12-8-6-10-19(21)14-16-23(25)29-3/h5-17H,4H2,1-3H3,(H,27,28)/t17-/m1/s1. The highest BCUT2D eigenvalue weighted by Gasteiger charge is 2.21. The Morgan fingerprint density at radius 3 is 2.07 bits per heavy atom. The molecular weight excluding hydrogens is 358 g/mol. The Balaban J connectivity index is 2.09. The fourth-order valence-corrected chi connectivity index (χ4v) is 3.81. The maximum absolute atomic E-state index is 13.2. The van der Waals surface area contributed by atoms with Gasteiger partial charge < -0.3 is 10.1 Å². The van der Waals surface area contributed by atoms with E-state index in [1.165, 1.54) is 0 Å². The SMILES string of the molecule is CC[C@@H](C)NC(=O)c1ccc2ccccc2c1-c1c(OC)ccc2ccccc12. The van der Waals surface area contributed by atoms with E-state index < -0.39 is 0 Å². The number of ether oxygens (including phenoxy) is 1. The van der Waals surface area contributed by atoms with E-state index in [9.17, 15) is 4.79 Å². The van der Waals surface area contributed by atoms with Gasteiger partial charge in [-0.3, -0.25) is 4.79 Å². The van der Waals surface area contributed by atoms with Crippen LogP contribution in [-0.4, -0.2) is 19.1 Å². The number of fused-ring (bicyclic) bond motifs is 2. The fraction of sp³-hybridized carbons (Fsp3) is 0.192. The summed E-state index contributed by atoms with van der Waals surface area (Å²) >= 11 is 0. The van der Waals surface area contributed by atoms with Gasteiger partial charge in [-0.1, -0.05) is 67.6 Å². The average Bonchev–Trinajstić information content (AvgIpc) is 2.77. The van der Waals surface area contributed by atoms with Gasteiger partial charge in [0.1, 0.15) is 5.75 Å².